The summed E-state index contributed by atoms with van der Waals surface area (Å²) >= 11 is 0. The molecule has 1 heterocycles. The van der Waals surface area contributed by atoms with E-state index < -0.39 is 28.4 Å². The Balaban J connectivity index is 2.90. The number of benzene rings is 1. The summed E-state index contributed by atoms with van der Waals surface area (Å²) in [6, 6.07) is 2.05. The normalized spacial score (nSPS) is 10.5. The molecule has 3 N–H and O–H groups in total. The molecule has 0 aliphatic carbocycles. The summed E-state index contributed by atoms with van der Waals surface area (Å²) in [7, 11) is 0. The molecule has 2 rings (SSSR count). The summed E-state index contributed by atoms with van der Waals surface area (Å²) in [6.45, 7) is 0. The number of hydrogen-bond donors (Lipinski definition) is 2. The van der Waals surface area contributed by atoms with E-state index in [9.17, 15) is 19.8 Å². The quantitative estimate of drug-likeness (QED) is 0.684. The topological polar surface area (TPSA) is 112 Å². The van der Waals surface area contributed by atoms with Crippen molar-refractivity contribution in [2.45, 2.75) is 0 Å². The third-order valence-corrected chi connectivity index (χ3v) is 2.11. The van der Waals surface area contributed by atoms with Crippen LogP contribution in [0, 0.1) is 0 Å². The molecule has 16 heavy (non-hydrogen) atoms. The molecule has 1 aromatic heterocycles. The Bertz CT molecular complexity index is 643. The van der Waals surface area contributed by atoms with Gasteiger partial charge in [-0.2, -0.15) is 0 Å². The first kappa shape index (κ1) is 10.0. The SMILES string of the molecule is [NH]C(=O)c1coc2cc(O)c(O)cc2c1=O. The largest absolute Gasteiger partial charge is 0.504 e. The fourth-order valence-corrected chi connectivity index (χ4v) is 1.31. The second-order valence-electron chi connectivity index (χ2n) is 3.14. The number of rotatable bonds is 1. The molecule has 0 unspecified atom stereocenters. The van der Waals surface area contributed by atoms with Crippen LogP contribution in [-0.4, -0.2) is 16.1 Å². The van der Waals surface area contributed by atoms with Crippen LogP contribution in [0.3, 0.4) is 0 Å². The van der Waals surface area contributed by atoms with Gasteiger partial charge in [0, 0.05) is 6.07 Å². The molecule has 1 aromatic carbocycles. The molecular weight excluding hydrogens is 214 g/mol. The highest BCUT2D eigenvalue weighted by molar-refractivity contribution is 5.95. The third kappa shape index (κ3) is 1.36. The maximum absolute atomic E-state index is 11.6. The van der Waals surface area contributed by atoms with E-state index in [1.54, 1.807) is 0 Å². The smallest absolute Gasteiger partial charge is 0.276 e. The van der Waals surface area contributed by atoms with Gasteiger partial charge in [-0.15, -0.1) is 0 Å². The van der Waals surface area contributed by atoms with Crippen LogP contribution in [0.15, 0.2) is 27.6 Å². The summed E-state index contributed by atoms with van der Waals surface area (Å²) in [5.41, 5.74) is 5.72. The molecule has 1 radical (unpaired) electrons. The highest BCUT2D eigenvalue weighted by Crippen LogP contribution is 2.28. The summed E-state index contributed by atoms with van der Waals surface area (Å²) in [4.78, 5) is 22.4. The minimum Gasteiger partial charge on any atom is -0.504 e. The van der Waals surface area contributed by atoms with Gasteiger partial charge in [0.1, 0.15) is 17.4 Å². The molecule has 1 amide bonds. The number of carbonyl (C=O) groups is 1. The number of amides is 1. The van der Waals surface area contributed by atoms with Gasteiger partial charge in [-0.3, -0.25) is 15.3 Å². The first-order chi connectivity index (χ1) is 7.50. The zero-order chi connectivity index (χ0) is 11.9. The van der Waals surface area contributed by atoms with Gasteiger partial charge in [-0.1, -0.05) is 0 Å². The molecule has 0 atom stereocenters. The second-order valence-corrected chi connectivity index (χ2v) is 3.14. The van der Waals surface area contributed by atoms with Crippen LogP contribution >= 0.6 is 0 Å². The first-order valence-corrected chi connectivity index (χ1v) is 4.24. The fourth-order valence-electron chi connectivity index (χ4n) is 1.31. The molecule has 0 fully saturated rings. The Labute approximate surface area is 88.5 Å². The fraction of sp³-hybridized carbons (Fsp3) is 0. The van der Waals surface area contributed by atoms with Gasteiger partial charge >= 0.3 is 0 Å². The van der Waals surface area contributed by atoms with Crippen molar-refractivity contribution in [3.63, 3.8) is 0 Å². The molecular formula is C10H6NO5. The molecule has 6 nitrogen and oxygen atoms in total. The molecule has 0 aliphatic heterocycles. The van der Waals surface area contributed by atoms with Crippen LogP contribution in [0.4, 0.5) is 0 Å². The zero-order valence-electron chi connectivity index (χ0n) is 7.85. The van der Waals surface area contributed by atoms with E-state index >= 15 is 0 Å². The Morgan fingerprint density at radius 1 is 1.25 bits per heavy atom. The summed E-state index contributed by atoms with van der Waals surface area (Å²) in [5.74, 6) is -2.09. The minimum absolute atomic E-state index is 0.0327. The number of nitrogens with one attached hydrogen (secondary N) is 1. The number of phenols is 2. The van der Waals surface area contributed by atoms with Crippen LogP contribution < -0.4 is 11.2 Å². The van der Waals surface area contributed by atoms with Crippen molar-refractivity contribution in [2.24, 2.45) is 0 Å². The Kier molecular flexibility index (Phi) is 2.05. The average molecular weight is 220 g/mol. The maximum atomic E-state index is 11.6. The lowest BCUT2D eigenvalue weighted by atomic mass is 10.1. The van der Waals surface area contributed by atoms with Gasteiger partial charge in [0.25, 0.3) is 5.91 Å². The van der Waals surface area contributed by atoms with E-state index in [4.69, 9.17) is 10.2 Å². The predicted octanol–water partition coefficient (Wildman–Crippen LogP) is 0.627. The summed E-state index contributed by atoms with van der Waals surface area (Å²) < 4.78 is 4.91. The summed E-state index contributed by atoms with van der Waals surface area (Å²) in [5, 5.41) is 18.3. The average Bonchev–Trinajstić information content (AvgIpc) is 2.21. The second kappa shape index (κ2) is 3.27. The van der Waals surface area contributed by atoms with Crippen molar-refractivity contribution in [3.05, 3.63) is 34.2 Å². The molecule has 0 saturated heterocycles. The summed E-state index contributed by atoms with van der Waals surface area (Å²) in [6.07, 6.45) is 0.858. The van der Waals surface area contributed by atoms with Gasteiger partial charge in [0.2, 0.25) is 5.43 Å². The lowest BCUT2D eigenvalue weighted by Gasteiger charge is -2.01. The van der Waals surface area contributed by atoms with Crippen molar-refractivity contribution in [1.82, 2.24) is 5.73 Å². The van der Waals surface area contributed by atoms with Gasteiger partial charge in [-0.05, 0) is 6.07 Å². The Morgan fingerprint density at radius 3 is 2.50 bits per heavy atom. The monoisotopic (exact) mass is 220 g/mol. The third-order valence-electron chi connectivity index (χ3n) is 2.11. The van der Waals surface area contributed by atoms with E-state index in [-0.39, 0.29) is 11.0 Å². The van der Waals surface area contributed by atoms with Gasteiger partial charge in [-0.25, -0.2) is 0 Å². The number of aromatic hydroxyl groups is 2. The van der Waals surface area contributed by atoms with E-state index in [2.05, 4.69) is 0 Å². The number of carbonyl (C=O) groups excluding carboxylic acids is 1. The number of phenolic OH excluding ortho intramolecular Hbond substituents is 2. The van der Waals surface area contributed by atoms with Crippen molar-refractivity contribution in [3.8, 4) is 11.5 Å². The molecule has 6 heteroatoms. The minimum atomic E-state index is -1.16. The first-order valence-electron chi connectivity index (χ1n) is 4.24. The van der Waals surface area contributed by atoms with Gasteiger partial charge in [0.15, 0.2) is 11.5 Å². The van der Waals surface area contributed by atoms with Crippen LogP contribution in [0.2, 0.25) is 0 Å². The highest BCUT2D eigenvalue weighted by atomic mass is 16.3. The number of hydrogen-bond acceptors (Lipinski definition) is 5. The van der Waals surface area contributed by atoms with Crippen LogP contribution in [0.1, 0.15) is 10.4 Å². The zero-order valence-corrected chi connectivity index (χ0v) is 7.85. The van der Waals surface area contributed by atoms with Crippen molar-refractivity contribution in [2.75, 3.05) is 0 Å². The van der Waals surface area contributed by atoms with Crippen molar-refractivity contribution >= 4 is 16.9 Å². The lowest BCUT2D eigenvalue weighted by Crippen LogP contribution is -2.15. The number of fused-ring (bicyclic) bond motifs is 1. The molecule has 2 aromatic rings. The van der Waals surface area contributed by atoms with E-state index in [1.165, 1.54) is 0 Å². The standard InChI is InChI=1S/C10H6NO5/c11-10(15)5-3-16-8-2-7(13)6(12)1-4(8)9(5)14/h1-3,11-13H. The maximum Gasteiger partial charge on any atom is 0.276 e. The van der Waals surface area contributed by atoms with Crippen LogP contribution in [0.5, 0.6) is 11.5 Å². The molecule has 0 spiro atoms. The van der Waals surface area contributed by atoms with Crippen LogP contribution in [-0.2, 0) is 0 Å². The lowest BCUT2D eigenvalue weighted by molar-refractivity contribution is 0.0989. The van der Waals surface area contributed by atoms with E-state index in [1.807, 2.05) is 0 Å². The van der Waals surface area contributed by atoms with Crippen LogP contribution in [0.25, 0.3) is 11.0 Å². The van der Waals surface area contributed by atoms with Crippen molar-refractivity contribution < 1.29 is 19.4 Å². The highest BCUT2D eigenvalue weighted by Gasteiger charge is 2.14. The Hall–Kier alpha value is -2.50. The van der Waals surface area contributed by atoms with Crippen molar-refractivity contribution in [1.29, 1.82) is 0 Å². The van der Waals surface area contributed by atoms with E-state index in [0.717, 1.165) is 18.4 Å². The van der Waals surface area contributed by atoms with Gasteiger partial charge < -0.3 is 14.6 Å². The van der Waals surface area contributed by atoms with E-state index in [0.29, 0.717) is 0 Å². The Morgan fingerprint density at radius 2 is 1.88 bits per heavy atom. The molecule has 0 aliphatic rings. The molecule has 0 saturated carbocycles. The predicted molar refractivity (Wildman–Crippen MR) is 53.2 cm³/mol. The molecule has 0 bridgehead atoms. The van der Waals surface area contributed by atoms with Gasteiger partial charge in [0.05, 0.1) is 5.39 Å². The molecule has 81 valence electrons.